The minimum absolute atomic E-state index is 0.542. The first-order valence-electron chi connectivity index (χ1n) is 4.19. The predicted octanol–water partition coefficient (Wildman–Crippen LogP) is 1.89. The highest BCUT2D eigenvalue weighted by Crippen LogP contribution is 2.21. The van der Waals surface area contributed by atoms with E-state index in [2.05, 4.69) is 36.5 Å². The van der Waals surface area contributed by atoms with Gasteiger partial charge in [0.2, 0.25) is 0 Å². The molecule has 1 heterocycles. The van der Waals surface area contributed by atoms with Gasteiger partial charge in [0.25, 0.3) is 0 Å². The molecule has 1 aliphatic heterocycles. The molecular formula is C10H13N. The van der Waals surface area contributed by atoms with E-state index >= 15 is 0 Å². The van der Waals surface area contributed by atoms with Gasteiger partial charge in [-0.25, -0.2) is 0 Å². The van der Waals surface area contributed by atoms with Crippen LogP contribution in [0.1, 0.15) is 24.1 Å². The molecule has 1 aliphatic rings. The highest BCUT2D eigenvalue weighted by Gasteiger charge is 2.13. The van der Waals surface area contributed by atoms with Crippen molar-refractivity contribution < 1.29 is 0 Å². The second-order valence-electron chi connectivity index (χ2n) is 3.12. The molecule has 2 rings (SSSR count). The maximum atomic E-state index is 3.44. The van der Waals surface area contributed by atoms with E-state index in [0.717, 1.165) is 6.54 Å². The van der Waals surface area contributed by atoms with Crippen LogP contribution in [-0.2, 0) is 6.42 Å². The Kier molecular flexibility index (Phi) is 1.66. The van der Waals surface area contributed by atoms with Crippen molar-refractivity contribution in [3.8, 4) is 0 Å². The van der Waals surface area contributed by atoms with Gasteiger partial charge in [-0.05, 0) is 31.0 Å². The Balaban J connectivity index is 2.44. The molecule has 0 unspecified atom stereocenters. The van der Waals surface area contributed by atoms with Gasteiger partial charge in [-0.1, -0.05) is 24.3 Å². The SMILES string of the molecule is C[C@@H]1NCCc2ccccc21. The third kappa shape index (κ3) is 1.16. The molecule has 58 valence electrons. The van der Waals surface area contributed by atoms with Crippen molar-refractivity contribution in [3.05, 3.63) is 35.4 Å². The van der Waals surface area contributed by atoms with Crippen LogP contribution in [0.15, 0.2) is 24.3 Å². The highest BCUT2D eigenvalue weighted by atomic mass is 14.9. The Hall–Kier alpha value is -0.820. The minimum Gasteiger partial charge on any atom is -0.310 e. The molecule has 1 heteroatoms. The van der Waals surface area contributed by atoms with Gasteiger partial charge >= 0.3 is 0 Å². The molecule has 0 aliphatic carbocycles. The Morgan fingerprint density at radius 3 is 3.00 bits per heavy atom. The molecule has 0 fully saturated rings. The number of hydrogen-bond acceptors (Lipinski definition) is 1. The molecule has 1 N–H and O–H groups in total. The van der Waals surface area contributed by atoms with Gasteiger partial charge in [0.05, 0.1) is 0 Å². The maximum absolute atomic E-state index is 3.44. The van der Waals surface area contributed by atoms with Crippen molar-refractivity contribution in [2.75, 3.05) is 6.54 Å². The first-order chi connectivity index (χ1) is 5.38. The summed E-state index contributed by atoms with van der Waals surface area (Å²) in [5.74, 6) is 0. The van der Waals surface area contributed by atoms with E-state index in [-0.39, 0.29) is 0 Å². The molecule has 0 radical (unpaired) electrons. The third-order valence-corrected chi connectivity index (χ3v) is 2.37. The van der Waals surface area contributed by atoms with Gasteiger partial charge in [-0.15, -0.1) is 0 Å². The van der Waals surface area contributed by atoms with Crippen molar-refractivity contribution in [2.24, 2.45) is 0 Å². The lowest BCUT2D eigenvalue weighted by atomic mass is 9.96. The fraction of sp³-hybridized carbons (Fsp3) is 0.400. The summed E-state index contributed by atoms with van der Waals surface area (Å²) >= 11 is 0. The van der Waals surface area contributed by atoms with Crippen molar-refractivity contribution in [2.45, 2.75) is 19.4 Å². The fourth-order valence-electron chi connectivity index (χ4n) is 1.72. The molecule has 0 aromatic heterocycles. The van der Waals surface area contributed by atoms with E-state index in [1.165, 1.54) is 17.5 Å². The van der Waals surface area contributed by atoms with Gasteiger partial charge in [-0.2, -0.15) is 0 Å². The second-order valence-corrected chi connectivity index (χ2v) is 3.12. The third-order valence-electron chi connectivity index (χ3n) is 2.37. The number of nitrogens with one attached hydrogen (secondary N) is 1. The standard InChI is InChI=1S/C10H13N/c1-8-10-5-3-2-4-9(10)6-7-11-8/h2-5,8,11H,6-7H2,1H3/t8-/m0/s1. The Bertz CT molecular complexity index is 255. The molecule has 0 saturated heterocycles. The highest BCUT2D eigenvalue weighted by molar-refractivity contribution is 5.31. The van der Waals surface area contributed by atoms with Gasteiger partial charge in [0, 0.05) is 6.04 Å². The van der Waals surface area contributed by atoms with Crippen LogP contribution in [0, 0.1) is 0 Å². The van der Waals surface area contributed by atoms with Crippen LogP contribution in [0.3, 0.4) is 0 Å². The predicted molar refractivity (Wildman–Crippen MR) is 46.6 cm³/mol. The van der Waals surface area contributed by atoms with Gasteiger partial charge in [0.1, 0.15) is 0 Å². The van der Waals surface area contributed by atoms with Crippen LogP contribution in [0.4, 0.5) is 0 Å². The van der Waals surface area contributed by atoms with E-state index < -0.39 is 0 Å². The van der Waals surface area contributed by atoms with Gasteiger partial charge in [-0.3, -0.25) is 0 Å². The summed E-state index contributed by atoms with van der Waals surface area (Å²) in [5, 5.41) is 3.44. The smallest absolute Gasteiger partial charge is 0.0294 e. The first-order valence-corrected chi connectivity index (χ1v) is 4.19. The molecule has 1 atom stereocenters. The van der Waals surface area contributed by atoms with Crippen LogP contribution < -0.4 is 5.32 Å². The molecule has 11 heavy (non-hydrogen) atoms. The number of fused-ring (bicyclic) bond motifs is 1. The molecular weight excluding hydrogens is 134 g/mol. The Morgan fingerprint density at radius 2 is 2.18 bits per heavy atom. The number of rotatable bonds is 0. The lowest BCUT2D eigenvalue weighted by molar-refractivity contribution is 0.541. The van der Waals surface area contributed by atoms with Crippen LogP contribution >= 0.6 is 0 Å². The minimum atomic E-state index is 0.542. The number of hydrogen-bond donors (Lipinski definition) is 1. The zero-order chi connectivity index (χ0) is 7.68. The normalized spacial score (nSPS) is 22.8. The van der Waals surface area contributed by atoms with Crippen LogP contribution in [0.2, 0.25) is 0 Å². The largest absolute Gasteiger partial charge is 0.310 e. The molecule has 0 spiro atoms. The average Bonchev–Trinajstić information content (AvgIpc) is 2.06. The zero-order valence-electron chi connectivity index (χ0n) is 6.80. The molecule has 0 saturated carbocycles. The van der Waals surface area contributed by atoms with E-state index in [1.807, 2.05) is 0 Å². The van der Waals surface area contributed by atoms with Crippen LogP contribution in [0.25, 0.3) is 0 Å². The van der Waals surface area contributed by atoms with Crippen LogP contribution in [-0.4, -0.2) is 6.54 Å². The first kappa shape index (κ1) is 6.86. The molecule has 1 aromatic rings. The van der Waals surface area contributed by atoms with Crippen LogP contribution in [0.5, 0.6) is 0 Å². The van der Waals surface area contributed by atoms with Crippen molar-refractivity contribution in [1.82, 2.24) is 5.32 Å². The summed E-state index contributed by atoms with van der Waals surface area (Å²) in [7, 11) is 0. The second kappa shape index (κ2) is 2.67. The maximum Gasteiger partial charge on any atom is 0.0294 e. The van der Waals surface area contributed by atoms with E-state index in [0.29, 0.717) is 6.04 Å². The topological polar surface area (TPSA) is 12.0 Å². The lowest BCUT2D eigenvalue weighted by Crippen LogP contribution is -2.27. The van der Waals surface area contributed by atoms with E-state index in [1.54, 1.807) is 0 Å². The summed E-state index contributed by atoms with van der Waals surface area (Å²) in [6.07, 6.45) is 1.18. The van der Waals surface area contributed by atoms with E-state index in [4.69, 9.17) is 0 Å². The van der Waals surface area contributed by atoms with Crippen molar-refractivity contribution >= 4 is 0 Å². The summed E-state index contributed by atoms with van der Waals surface area (Å²) in [4.78, 5) is 0. The van der Waals surface area contributed by atoms with Crippen molar-refractivity contribution in [3.63, 3.8) is 0 Å². The summed E-state index contributed by atoms with van der Waals surface area (Å²) in [5.41, 5.74) is 2.98. The molecule has 1 aromatic carbocycles. The van der Waals surface area contributed by atoms with Gasteiger partial charge in [0.15, 0.2) is 0 Å². The van der Waals surface area contributed by atoms with Crippen molar-refractivity contribution in [1.29, 1.82) is 0 Å². The van der Waals surface area contributed by atoms with E-state index in [9.17, 15) is 0 Å². The monoisotopic (exact) mass is 147 g/mol. The number of benzene rings is 1. The average molecular weight is 147 g/mol. The lowest BCUT2D eigenvalue weighted by Gasteiger charge is -2.23. The Labute approximate surface area is 67.4 Å². The summed E-state index contributed by atoms with van der Waals surface area (Å²) < 4.78 is 0. The summed E-state index contributed by atoms with van der Waals surface area (Å²) in [6, 6.07) is 9.22. The molecule has 0 bridgehead atoms. The fourth-order valence-corrected chi connectivity index (χ4v) is 1.72. The van der Waals surface area contributed by atoms with Gasteiger partial charge < -0.3 is 5.32 Å². The molecule has 0 amide bonds. The quantitative estimate of drug-likeness (QED) is 0.591. The molecule has 1 nitrogen and oxygen atoms in total. The Morgan fingerprint density at radius 1 is 1.36 bits per heavy atom. The zero-order valence-corrected chi connectivity index (χ0v) is 6.80. The summed E-state index contributed by atoms with van der Waals surface area (Å²) in [6.45, 7) is 3.34.